The lowest BCUT2D eigenvalue weighted by Gasteiger charge is -2.33. The van der Waals surface area contributed by atoms with Gasteiger partial charge in [-0.15, -0.1) is 0 Å². The summed E-state index contributed by atoms with van der Waals surface area (Å²) in [6.07, 6.45) is 1.33. The van der Waals surface area contributed by atoms with Crippen LogP contribution >= 0.6 is 0 Å². The molecule has 6 nitrogen and oxygen atoms in total. The van der Waals surface area contributed by atoms with Crippen molar-refractivity contribution in [3.05, 3.63) is 83.7 Å². The molecule has 0 bridgehead atoms. The monoisotopic (exact) mass is 489 g/mol. The second kappa shape index (κ2) is 11.3. The molecule has 0 aromatic heterocycles. The van der Waals surface area contributed by atoms with E-state index >= 15 is 0 Å². The lowest BCUT2D eigenvalue weighted by molar-refractivity contribution is -0.130. The molecule has 0 radical (unpaired) electrons. The highest BCUT2D eigenvalue weighted by molar-refractivity contribution is 5.94. The predicted octanol–water partition coefficient (Wildman–Crippen LogP) is 4.08. The summed E-state index contributed by atoms with van der Waals surface area (Å²) in [7, 11) is 0. The molecule has 1 saturated heterocycles. The first-order valence-corrected chi connectivity index (χ1v) is 12.4. The minimum absolute atomic E-state index is 0.0639. The fourth-order valence-corrected chi connectivity index (χ4v) is 4.62. The third-order valence-electron chi connectivity index (χ3n) is 6.68. The van der Waals surface area contributed by atoms with Gasteiger partial charge in [-0.25, -0.2) is 4.39 Å². The van der Waals surface area contributed by atoms with Crippen LogP contribution in [-0.2, 0) is 16.0 Å². The fraction of sp³-hybridized carbons (Fsp3) is 0.345. The zero-order chi connectivity index (χ0) is 25.7. The number of rotatable bonds is 7. The Morgan fingerprint density at radius 2 is 1.61 bits per heavy atom. The average molecular weight is 490 g/mol. The molecule has 3 aromatic rings. The molecule has 1 unspecified atom stereocenters. The largest absolute Gasteiger partial charge is 0.351 e. The van der Waals surface area contributed by atoms with Crippen molar-refractivity contribution in [2.24, 2.45) is 5.92 Å². The van der Waals surface area contributed by atoms with Crippen LogP contribution in [0, 0.1) is 11.7 Å². The maximum atomic E-state index is 14.0. The second-order valence-electron chi connectivity index (χ2n) is 9.70. The first-order valence-electron chi connectivity index (χ1n) is 12.4. The number of amides is 3. The standard InChI is InChI=1S/C29H32FN3O3/c1-19(2)27(32-26(34)18-20-11-12-21-7-3-4-8-22(21)17-20)28(35)31-23-13-15-33(16-14-23)29(36)24-9-5-6-10-25(24)30/h3-12,17,19,23,27H,13-16,18H2,1-2H3,(H,31,35)(H,32,34). The van der Waals surface area contributed by atoms with Crippen molar-refractivity contribution in [2.75, 3.05) is 13.1 Å². The molecule has 3 aromatic carbocycles. The Morgan fingerprint density at radius 1 is 0.944 bits per heavy atom. The number of carbonyl (C=O) groups excluding carboxylic acids is 3. The maximum absolute atomic E-state index is 14.0. The second-order valence-corrected chi connectivity index (χ2v) is 9.70. The van der Waals surface area contributed by atoms with E-state index in [9.17, 15) is 18.8 Å². The molecule has 36 heavy (non-hydrogen) atoms. The number of carbonyl (C=O) groups is 3. The van der Waals surface area contributed by atoms with Gasteiger partial charge in [-0.2, -0.15) is 0 Å². The van der Waals surface area contributed by atoms with Crippen LogP contribution in [0.15, 0.2) is 66.7 Å². The fourth-order valence-electron chi connectivity index (χ4n) is 4.62. The van der Waals surface area contributed by atoms with Crippen molar-refractivity contribution in [2.45, 2.75) is 45.2 Å². The summed E-state index contributed by atoms with van der Waals surface area (Å²) < 4.78 is 14.0. The minimum atomic E-state index is -0.656. The number of likely N-dealkylation sites (tertiary alicyclic amines) is 1. The van der Waals surface area contributed by atoms with Crippen molar-refractivity contribution in [1.29, 1.82) is 0 Å². The molecule has 1 heterocycles. The van der Waals surface area contributed by atoms with Gasteiger partial charge in [-0.05, 0) is 47.2 Å². The van der Waals surface area contributed by atoms with Gasteiger partial charge in [-0.1, -0.05) is 68.4 Å². The summed E-state index contributed by atoms with van der Waals surface area (Å²) in [5.41, 5.74) is 0.954. The van der Waals surface area contributed by atoms with Crippen LogP contribution in [0.5, 0.6) is 0 Å². The third-order valence-corrected chi connectivity index (χ3v) is 6.68. The van der Waals surface area contributed by atoms with Crippen LogP contribution in [0.25, 0.3) is 10.8 Å². The van der Waals surface area contributed by atoms with Crippen molar-refractivity contribution >= 4 is 28.5 Å². The molecule has 1 atom stereocenters. The Balaban J connectivity index is 1.30. The van der Waals surface area contributed by atoms with E-state index in [-0.39, 0.29) is 41.7 Å². The summed E-state index contributed by atoms with van der Waals surface area (Å²) >= 11 is 0. The number of piperidine rings is 1. The van der Waals surface area contributed by atoms with Crippen molar-refractivity contribution in [3.8, 4) is 0 Å². The summed E-state index contributed by atoms with van der Waals surface area (Å²) in [6.45, 7) is 4.66. The van der Waals surface area contributed by atoms with Crippen LogP contribution in [0.1, 0.15) is 42.6 Å². The highest BCUT2D eigenvalue weighted by Crippen LogP contribution is 2.18. The van der Waals surface area contributed by atoms with E-state index in [1.807, 2.05) is 56.3 Å². The normalized spacial score (nSPS) is 15.1. The lowest BCUT2D eigenvalue weighted by atomic mass is 9.99. The molecule has 1 aliphatic heterocycles. The molecule has 7 heteroatoms. The number of halogens is 1. The molecular weight excluding hydrogens is 457 g/mol. The van der Waals surface area contributed by atoms with Crippen molar-refractivity contribution in [3.63, 3.8) is 0 Å². The Morgan fingerprint density at radius 3 is 2.31 bits per heavy atom. The number of nitrogens with zero attached hydrogens (tertiary/aromatic N) is 1. The molecule has 1 aliphatic rings. The van der Waals surface area contributed by atoms with E-state index in [1.54, 1.807) is 17.0 Å². The first-order chi connectivity index (χ1) is 17.3. The summed E-state index contributed by atoms with van der Waals surface area (Å²) in [5, 5.41) is 8.12. The molecular formula is C29H32FN3O3. The molecule has 2 N–H and O–H groups in total. The van der Waals surface area contributed by atoms with Gasteiger partial charge in [-0.3, -0.25) is 14.4 Å². The Hall–Kier alpha value is -3.74. The van der Waals surface area contributed by atoms with Crippen LogP contribution in [0.2, 0.25) is 0 Å². The lowest BCUT2D eigenvalue weighted by Crippen LogP contribution is -2.54. The van der Waals surface area contributed by atoms with E-state index in [1.165, 1.54) is 12.1 Å². The van der Waals surface area contributed by atoms with E-state index in [0.717, 1.165) is 16.3 Å². The van der Waals surface area contributed by atoms with Crippen LogP contribution in [0.3, 0.4) is 0 Å². The van der Waals surface area contributed by atoms with Gasteiger partial charge in [0.1, 0.15) is 11.9 Å². The van der Waals surface area contributed by atoms with E-state index in [0.29, 0.717) is 25.9 Å². The van der Waals surface area contributed by atoms with Gasteiger partial charge < -0.3 is 15.5 Å². The average Bonchev–Trinajstić information content (AvgIpc) is 2.87. The van der Waals surface area contributed by atoms with Crippen molar-refractivity contribution < 1.29 is 18.8 Å². The van der Waals surface area contributed by atoms with Gasteiger partial charge in [0.25, 0.3) is 5.91 Å². The van der Waals surface area contributed by atoms with Crippen LogP contribution < -0.4 is 10.6 Å². The SMILES string of the molecule is CC(C)C(NC(=O)Cc1ccc2ccccc2c1)C(=O)NC1CCN(C(=O)c2ccccc2F)CC1. The number of benzene rings is 3. The third kappa shape index (κ3) is 6.08. The summed E-state index contributed by atoms with van der Waals surface area (Å²) in [4.78, 5) is 40.1. The Kier molecular flexibility index (Phi) is 7.98. The Bertz CT molecular complexity index is 1250. The summed E-state index contributed by atoms with van der Waals surface area (Å²) in [6, 6.07) is 19.1. The smallest absolute Gasteiger partial charge is 0.256 e. The number of nitrogens with one attached hydrogen (secondary N) is 2. The number of fused-ring (bicyclic) bond motifs is 1. The van der Waals surface area contributed by atoms with E-state index in [2.05, 4.69) is 10.6 Å². The molecule has 0 saturated carbocycles. The first kappa shape index (κ1) is 25.4. The highest BCUT2D eigenvalue weighted by Gasteiger charge is 2.29. The minimum Gasteiger partial charge on any atom is -0.351 e. The van der Waals surface area contributed by atoms with Gasteiger partial charge in [0, 0.05) is 19.1 Å². The molecule has 4 rings (SSSR count). The topological polar surface area (TPSA) is 78.5 Å². The van der Waals surface area contributed by atoms with Crippen LogP contribution in [0.4, 0.5) is 4.39 Å². The number of hydrogen-bond acceptors (Lipinski definition) is 3. The maximum Gasteiger partial charge on any atom is 0.256 e. The van der Waals surface area contributed by atoms with Gasteiger partial charge in [0.2, 0.25) is 11.8 Å². The quantitative estimate of drug-likeness (QED) is 0.525. The van der Waals surface area contributed by atoms with E-state index in [4.69, 9.17) is 0 Å². The van der Waals surface area contributed by atoms with Gasteiger partial charge in [0.15, 0.2) is 0 Å². The molecule has 0 spiro atoms. The van der Waals surface area contributed by atoms with E-state index < -0.39 is 11.9 Å². The highest BCUT2D eigenvalue weighted by atomic mass is 19.1. The summed E-state index contributed by atoms with van der Waals surface area (Å²) in [5.74, 6) is -1.38. The molecule has 3 amide bonds. The van der Waals surface area contributed by atoms with Crippen molar-refractivity contribution in [1.82, 2.24) is 15.5 Å². The zero-order valence-corrected chi connectivity index (χ0v) is 20.7. The van der Waals surface area contributed by atoms with Gasteiger partial charge >= 0.3 is 0 Å². The van der Waals surface area contributed by atoms with Gasteiger partial charge in [0.05, 0.1) is 12.0 Å². The predicted molar refractivity (Wildman–Crippen MR) is 138 cm³/mol. The molecule has 188 valence electrons. The molecule has 1 fully saturated rings. The number of hydrogen-bond donors (Lipinski definition) is 2. The molecule has 0 aliphatic carbocycles. The van der Waals surface area contributed by atoms with Crippen LogP contribution in [-0.4, -0.2) is 47.8 Å². The Labute approximate surface area is 210 Å². The zero-order valence-electron chi connectivity index (χ0n) is 20.7.